The van der Waals surface area contributed by atoms with Crippen molar-refractivity contribution in [3.8, 4) is 0 Å². The molecular weight excluding hydrogens is 536 g/mol. The third kappa shape index (κ3) is 9.36. The van der Waals surface area contributed by atoms with Gasteiger partial charge in [-0.1, -0.05) is 97.1 Å². The van der Waals surface area contributed by atoms with Crippen molar-refractivity contribution in [2.45, 2.75) is 37.6 Å². The van der Waals surface area contributed by atoms with E-state index >= 15 is 0 Å². The molecule has 2 N–H and O–H groups in total. The fourth-order valence-corrected chi connectivity index (χ4v) is 4.14. The van der Waals surface area contributed by atoms with Gasteiger partial charge in [-0.2, -0.15) is 0 Å². The van der Waals surface area contributed by atoms with Gasteiger partial charge in [-0.3, -0.25) is 0 Å². The molecule has 218 valence electrons. The summed E-state index contributed by atoms with van der Waals surface area (Å²) in [6.45, 7) is -0.0723. The first-order valence-electron chi connectivity index (χ1n) is 13.6. The van der Waals surface area contributed by atoms with Crippen molar-refractivity contribution in [2.75, 3.05) is 13.2 Å². The van der Waals surface area contributed by atoms with E-state index in [9.17, 15) is 19.8 Å². The maximum atomic E-state index is 12.9. The standard InChI is InChI=1S/C34H34O8/c35-31(29(23-39-21-25-13-5-1-6-14-25)41-33(37)27-17-9-3-10-18-27)32(36)30(24-40-22-26-15-7-2-8-16-26)42-34(38)28-19-11-4-12-20-28/h1-20,29-32,35-36H,21-24H2/t29-,30-,31-,32-/m1/s1. The zero-order chi connectivity index (χ0) is 29.6. The number of carbonyl (C=O) groups is 2. The van der Waals surface area contributed by atoms with Gasteiger partial charge in [0.2, 0.25) is 0 Å². The first-order valence-corrected chi connectivity index (χ1v) is 13.6. The molecule has 0 heterocycles. The van der Waals surface area contributed by atoms with Crippen LogP contribution in [0, 0.1) is 0 Å². The molecule has 0 aromatic heterocycles. The lowest BCUT2D eigenvalue weighted by atomic mass is 10.0. The van der Waals surface area contributed by atoms with Gasteiger partial charge < -0.3 is 29.2 Å². The molecule has 0 spiro atoms. The zero-order valence-electron chi connectivity index (χ0n) is 23.0. The number of hydrogen-bond donors (Lipinski definition) is 2. The molecule has 4 atom stereocenters. The Balaban J connectivity index is 1.49. The smallest absolute Gasteiger partial charge is 0.338 e. The van der Waals surface area contributed by atoms with Crippen molar-refractivity contribution in [2.24, 2.45) is 0 Å². The van der Waals surface area contributed by atoms with Crippen LogP contribution in [-0.4, -0.2) is 59.8 Å². The van der Waals surface area contributed by atoms with Crippen LogP contribution in [0.15, 0.2) is 121 Å². The topological polar surface area (TPSA) is 112 Å². The fourth-order valence-electron chi connectivity index (χ4n) is 4.14. The number of carbonyl (C=O) groups excluding carboxylic acids is 2. The van der Waals surface area contributed by atoms with Crippen molar-refractivity contribution in [3.63, 3.8) is 0 Å². The van der Waals surface area contributed by atoms with Gasteiger partial charge in [0, 0.05) is 0 Å². The molecular formula is C34H34O8. The minimum atomic E-state index is -1.68. The minimum absolute atomic E-state index is 0.190. The van der Waals surface area contributed by atoms with Gasteiger partial charge in [-0.15, -0.1) is 0 Å². The Morgan fingerprint density at radius 2 is 0.810 bits per heavy atom. The first kappa shape index (κ1) is 30.6. The van der Waals surface area contributed by atoms with E-state index in [4.69, 9.17) is 18.9 Å². The number of benzene rings is 4. The first-order chi connectivity index (χ1) is 20.5. The van der Waals surface area contributed by atoms with E-state index in [0.717, 1.165) is 11.1 Å². The number of aliphatic hydroxyl groups excluding tert-OH is 2. The molecule has 0 saturated carbocycles. The summed E-state index contributed by atoms with van der Waals surface area (Å²) in [5, 5.41) is 22.6. The molecule has 0 fully saturated rings. The Hall–Kier alpha value is -4.34. The van der Waals surface area contributed by atoms with E-state index in [1.807, 2.05) is 60.7 Å². The average molecular weight is 571 g/mol. The van der Waals surface area contributed by atoms with E-state index in [-0.39, 0.29) is 37.6 Å². The number of hydrogen-bond acceptors (Lipinski definition) is 8. The second-order valence-corrected chi connectivity index (χ2v) is 9.60. The van der Waals surface area contributed by atoms with Crippen LogP contribution in [0.5, 0.6) is 0 Å². The Morgan fingerprint density at radius 3 is 1.14 bits per heavy atom. The van der Waals surface area contributed by atoms with Gasteiger partial charge in [0.15, 0.2) is 12.2 Å². The Morgan fingerprint density at radius 1 is 0.500 bits per heavy atom. The maximum Gasteiger partial charge on any atom is 0.338 e. The van der Waals surface area contributed by atoms with Crippen molar-refractivity contribution in [3.05, 3.63) is 144 Å². The van der Waals surface area contributed by atoms with E-state index in [1.54, 1.807) is 60.7 Å². The van der Waals surface area contributed by atoms with Crippen LogP contribution in [0.3, 0.4) is 0 Å². The van der Waals surface area contributed by atoms with E-state index in [0.29, 0.717) is 0 Å². The molecule has 0 aliphatic rings. The normalized spacial score (nSPS) is 13.9. The van der Waals surface area contributed by atoms with E-state index in [1.165, 1.54) is 0 Å². The Bertz CT molecular complexity index is 1240. The third-order valence-electron chi connectivity index (χ3n) is 6.43. The summed E-state index contributed by atoms with van der Waals surface area (Å²) >= 11 is 0. The van der Waals surface area contributed by atoms with Crippen LogP contribution in [0.1, 0.15) is 31.8 Å². The highest BCUT2D eigenvalue weighted by Gasteiger charge is 2.37. The lowest BCUT2D eigenvalue weighted by Gasteiger charge is -2.31. The van der Waals surface area contributed by atoms with E-state index < -0.39 is 36.4 Å². The van der Waals surface area contributed by atoms with Crippen LogP contribution in [0.25, 0.3) is 0 Å². The van der Waals surface area contributed by atoms with Crippen LogP contribution in [-0.2, 0) is 32.2 Å². The monoisotopic (exact) mass is 570 g/mol. The molecule has 8 heteroatoms. The lowest BCUT2D eigenvalue weighted by molar-refractivity contribution is -0.141. The predicted octanol–water partition coefficient (Wildman–Crippen LogP) is 4.59. The molecule has 0 unspecified atom stereocenters. The molecule has 4 aromatic carbocycles. The number of ether oxygens (including phenoxy) is 4. The summed E-state index contributed by atoms with van der Waals surface area (Å²) in [7, 11) is 0. The molecule has 0 aliphatic heterocycles. The summed E-state index contributed by atoms with van der Waals surface area (Å²) < 4.78 is 22.8. The highest BCUT2D eigenvalue weighted by Crippen LogP contribution is 2.17. The molecule has 4 rings (SSSR count). The highest BCUT2D eigenvalue weighted by atomic mass is 16.6. The minimum Gasteiger partial charge on any atom is -0.453 e. The van der Waals surface area contributed by atoms with Gasteiger partial charge >= 0.3 is 11.9 Å². The Labute approximate surface area is 245 Å². The fraction of sp³-hybridized carbons (Fsp3) is 0.235. The number of aliphatic hydroxyl groups is 2. The molecule has 8 nitrogen and oxygen atoms in total. The SMILES string of the molecule is O=C(O[C@H](COCc1ccccc1)[C@@H](O)[C@H](O)[C@@H](COCc1ccccc1)OC(=O)c1ccccc1)c1ccccc1. The molecule has 0 amide bonds. The molecule has 0 radical (unpaired) electrons. The second kappa shape index (κ2) is 16.2. The highest BCUT2D eigenvalue weighted by molar-refractivity contribution is 5.90. The van der Waals surface area contributed by atoms with Gasteiger partial charge in [0.05, 0.1) is 37.6 Å². The third-order valence-corrected chi connectivity index (χ3v) is 6.43. The summed E-state index contributed by atoms with van der Waals surface area (Å²) in [5.74, 6) is -1.40. The molecule has 4 aromatic rings. The second-order valence-electron chi connectivity index (χ2n) is 9.60. The van der Waals surface area contributed by atoms with Gasteiger partial charge in [-0.05, 0) is 35.4 Å². The van der Waals surface area contributed by atoms with Crippen LogP contribution in [0.2, 0.25) is 0 Å². The summed E-state index contributed by atoms with van der Waals surface area (Å²) in [6.07, 6.45) is -5.93. The number of rotatable bonds is 15. The van der Waals surface area contributed by atoms with Crippen LogP contribution >= 0.6 is 0 Å². The predicted molar refractivity (Wildman–Crippen MR) is 156 cm³/mol. The largest absolute Gasteiger partial charge is 0.453 e. The van der Waals surface area contributed by atoms with Crippen LogP contribution < -0.4 is 0 Å². The molecule has 0 aliphatic carbocycles. The molecule has 0 saturated heterocycles. The number of esters is 2. The van der Waals surface area contributed by atoms with Gasteiger partial charge in [0.1, 0.15) is 12.2 Å². The lowest BCUT2D eigenvalue weighted by Crippen LogP contribution is -2.50. The Kier molecular flexibility index (Phi) is 11.8. The maximum absolute atomic E-state index is 12.9. The zero-order valence-corrected chi connectivity index (χ0v) is 23.0. The molecule has 0 bridgehead atoms. The van der Waals surface area contributed by atoms with Crippen molar-refractivity contribution in [1.82, 2.24) is 0 Å². The summed E-state index contributed by atoms with van der Waals surface area (Å²) in [5.41, 5.74) is 2.30. The van der Waals surface area contributed by atoms with Crippen LogP contribution in [0.4, 0.5) is 0 Å². The van der Waals surface area contributed by atoms with Gasteiger partial charge in [0.25, 0.3) is 0 Å². The van der Waals surface area contributed by atoms with Gasteiger partial charge in [-0.25, -0.2) is 9.59 Å². The quantitative estimate of drug-likeness (QED) is 0.200. The average Bonchev–Trinajstić information content (AvgIpc) is 3.05. The summed E-state index contributed by atoms with van der Waals surface area (Å²) in [6, 6.07) is 35.3. The summed E-state index contributed by atoms with van der Waals surface area (Å²) in [4.78, 5) is 25.8. The van der Waals surface area contributed by atoms with Crippen molar-refractivity contribution in [1.29, 1.82) is 0 Å². The van der Waals surface area contributed by atoms with Crippen molar-refractivity contribution < 1.29 is 38.7 Å². The van der Waals surface area contributed by atoms with Crippen molar-refractivity contribution >= 4 is 11.9 Å². The molecule has 42 heavy (non-hydrogen) atoms. The van der Waals surface area contributed by atoms with E-state index in [2.05, 4.69) is 0 Å².